The third-order valence-electron chi connectivity index (χ3n) is 4.95. The molecule has 0 saturated heterocycles. The highest BCUT2D eigenvalue weighted by Gasteiger charge is 2.25. The van der Waals surface area contributed by atoms with Crippen molar-refractivity contribution in [2.24, 2.45) is 0 Å². The summed E-state index contributed by atoms with van der Waals surface area (Å²) in [5, 5.41) is 0.448. The number of rotatable bonds is 10. The second-order valence-corrected chi connectivity index (χ2v) is 9.57. The second-order valence-electron chi connectivity index (χ2n) is 7.89. The van der Waals surface area contributed by atoms with Crippen molar-refractivity contribution in [1.82, 2.24) is 19.6 Å². The van der Waals surface area contributed by atoms with Gasteiger partial charge in [0.15, 0.2) is 0 Å². The lowest BCUT2D eigenvalue weighted by molar-refractivity contribution is 0.0675. The summed E-state index contributed by atoms with van der Waals surface area (Å²) in [6.45, 7) is 3.83. The fourth-order valence-corrected chi connectivity index (χ4v) is 4.87. The molecule has 0 radical (unpaired) electrons. The van der Waals surface area contributed by atoms with Gasteiger partial charge in [0.05, 0.1) is 31.2 Å². The molecule has 0 atom stereocenters. The highest BCUT2D eigenvalue weighted by atomic mass is 32.2. The standard InChI is InChI=1S/C23H28N4O6S/c1-15(2)26-34(30,31)20-13-16(9-10-19(20)33-4)23(29)27(11-12-32-3)14-21-24-18-8-6-5-7-17(18)22(28)25-21/h5-10,13,15,26H,11-12,14H2,1-4H3,(H,24,25,28). The van der Waals surface area contributed by atoms with Crippen molar-refractivity contribution in [3.8, 4) is 5.75 Å². The highest BCUT2D eigenvalue weighted by molar-refractivity contribution is 7.89. The maximum Gasteiger partial charge on any atom is 0.258 e. The van der Waals surface area contributed by atoms with Crippen LogP contribution in [-0.4, -0.2) is 62.6 Å². The first kappa shape index (κ1) is 25.3. The van der Waals surface area contributed by atoms with Crippen LogP contribution in [0, 0.1) is 0 Å². The van der Waals surface area contributed by atoms with Crippen molar-refractivity contribution < 1.29 is 22.7 Å². The zero-order valence-electron chi connectivity index (χ0n) is 19.5. The number of ether oxygens (including phenoxy) is 2. The number of fused-ring (bicyclic) bond motifs is 1. The summed E-state index contributed by atoms with van der Waals surface area (Å²) in [5.74, 6) is -0.0267. The van der Waals surface area contributed by atoms with E-state index in [1.807, 2.05) is 0 Å². The number of amides is 1. The van der Waals surface area contributed by atoms with Crippen LogP contribution in [0.1, 0.15) is 30.0 Å². The molecule has 0 saturated carbocycles. The first-order valence-corrected chi connectivity index (χ1v) is 12.1. The van der Waals surface area contributed by atoms with Gasteiger partial charge in [-0.25, -0.2) is 18.1 Å². The first-order chi connectivity index (χ1) is 16.2. The van der Waals surface area contributed by atoms with Gasteiger partial charge in [-0.2, -0.15) is 0 Å². The Labute approximate surface area is 198 Å². The normalized spacial score (nSPS) is 11.7. The van der Waals surface area contributed by atoms with Crippen LogP contribution in [0.4, 0.5) is 0 Å². The van der Waals surface area contributed by atoms with E-state index in [1.54, 1.807) is 38.1 Å². The molecule has 2 N–H and O–H groups in total. The molecule has 2 aromatic carbocycles. The van der Waals surface area contributed by atoms with Crippen LogP contribution in [0.5, 0.6) is 5.75 Å². The quantitative estimate of drug-likeness (QED) is 0.446. The minimum Gasteiger partial charge on any atom is -0.495 e. The molecule has 1 aromatic heterocycles. The van der Waals surface area contributed by atoms with Crippen LogP contribution in [0.3, 0.4) is 0 Å². The van der Waals surface area contributed by atoms with Gasteiger partial charge >= 0.3 is 0 Å². The Hall–Kier alpha value is -3.28. The number of hydrogen-bond acceptors (Lipinski definition) is 7. The van der Waals surface area contributed by atoms with Crippen molar-refractivity contribution in [2.75, 3.05) is 27.4 Å². The molecule has 3 rings (SSSR count). The lowest BCUT2D eigenvalue weighted by Gasteiger charge is -2.23. The maximum absolute atomic E-state index is 13.4. The number of nitrogens with one attached hydrogen (secondary N) is 2. The minimum absolute atomic E-state index is 0.000619. The number of aromatic nitrogens is 2. The van der Waals surface area contributed by atoms with E-state index in [-0.39, 0.29) is 47.5 Å². The first-order valence-electron chi connectivity index (χ1n) is 10.6. The summed E-state index contributed by atoms with van der Waals surface area (Å²) in [6.07, 6.45) is 0. The Bertz CT molecular complexity index is 1340. The molecule has 1 amide bonds. The largest absolute Gasteiger partial charge is 0.495 e. The number of benzene rings is 2. The molecule has 0 unspecified atom stereocenters. The lowest BCUT2D eigenvalue weighted by atomic mass is 10.2. The van der Waals surface area contributed by atoms with E-state index in [1.165, 1.54) is 37.3 Å². The van der Waals surface area contributed by atoms with Crippen molar-refractivity contribution in [1.29, 1.82) is 0 Å². The molecule has 182 valence electrons. The zero-order chi connectivity index (χ0) is 24.9. The van der Waals surface area contributed by atoms with Gasteiger partial charge in [-0.3, -0.25) is 9.59 Å². The van der Waals surface area contributed by atoms with Gasteiger partial charge in [-0.05, 0) is 44.2 Å². The smallest absolute Gasteiger partial charge is 0.258 e. The average Bonchev–Trinajstić information content (AvgIpc) is 2.80. The van der Waals surface area contributed by atoms with Crippen LogP contribution in [0.15, 0.2) is 52.2 Å². The van der Waals surface area contributed by atoms with E-state index >= 15 is 0 Å². The fourth-order valence-electron chi connectivity index (χ4n) is 3.42. The molecular weight excluding hydrogens is 460 g/mol. The summed E-state index contributed by atoms with van der Waals surface area (Å²) < 4.78 is 38.5. The van der Waals surface area contributed by atoms with Gasteiger partial charge in [0, 0.05) is 25.3 Å². The van der Waals surface area contributed by atoms with Gasteiger partial charge in [-0.15, -0.1) is 0 Å². The molecular formula is C23H28N4O6S. The van der Waals surface area contributed by atoms with Crippen molar-refractivity contribution in [3.05, 3.63) is 64.2 Å². The van der Waals surface area contributed by atoms with Gasteiger partial charge in [0.25, 0.3) is 11.5 Å². The van der Waals surface area contributed by atoms with Crippen molar-refractivity contribution >= 4 is 26.8 Å². The zero-order valence-corrected chi connectivity index (χ0v) is 20.3. The minimum atomic E-state index is -3.92. The molecule has 3 aromatic rings. The fraction of sp³-hybridized carbons (Fsp3) is 0.348. The van der Waals surface area contributed by atoms with E-state index in [0.29, 0.717) is 16.7 Å². The predicted octanol–water partition coefficient (Wildman–Crippen LogP) is 1.91. The molecule has 11 heteroatoms. The van der Waals surface area contributed by atoms with Crippen molar-refractivity contribution in [3.63, 3.8) is 0 Å². The van der Waals surface area contributed by atoms with Crippen LogP contribution in [0.2, 0.25) is 0 Å². The summed E-state index contributed by atoms with van der Waals surface area (Å²) in [7, 11) is -1.05. The van der Waals surface area contributed by atoms with Gasteiger partial charge in [-0.1, -0.05) is 12.1 Å². The lowest BCUT2D eigenvalue weighted by Crippen LogP contribution is -2.35. The number of sulfonamides is 1. The summed E-state index contributed by atoms with van der Waals surface area (Å²) in [4.78, 5) is 34.3. The Kier molecular flexibility index (Phi) is 8.02. The highest BCUT2D eigenvalue weighted by Crippen LogP contribution is 2.26. The third-order valence-corrected chi connectivity index (χ3v) is 6.63. The van der Waals surface area contributed by atoms with E-state index in [2.05, 4.69) is 14.7 Å². The molecule has 0 aliphatic carbocycles. The van der Waals surface area contributed by atoms with Gasteiger partial charge < -0.3 is 19.4 Å². The molecule has 0 aliphatic heterocycles. The number of H-pyrrole nitrogens is 1. The number of methoxy groups -OCH3 is 2. The topological polar surface area (TPSA) is 131 Å². The summed E-state index contributed by atoms with van der Waals surface area (Å²) in [6, 6.07) is 10.8. The third kappa shape index (κ3) is 5.79. The predicted molar refractivity (Wildman–Crippen MR) is 127 cm³/mol. The molecule has 1 heterocycles. The van der Waals surface area contributed by atoms with Crippen LogP contribution >= 0.6 is 0 Å². The van der Waals surface area contributed by atoms with Gasteiger partial charge in [0.2, 0.25) is 10.0 Å². The Balaban J connectivity index is 1.98. The number of hydrogen-bond donors (Lipinski definition) is 2. The number of para-hydroxylation sites is 1. The second kappa shape index (κ2) is 10.8. The molecule has 0 bridgehead atoms. The Morgan fingerprint density at radius 1 is 1.18 bits per heavy atom. The maximum atomic E-state index is 13.4. The number of carbonyl (C=O) groups excluding carboxylic acids is 1. The number of aromatic amines is 1. The average molecular weight is 489 g/mol. The van der Waals surface area contributed by atoms with Crippen LogP contribution in [0.25, 0.3) is 10.9 Å². The van der Waals surface area contributed by atoms with E-state index in [4.69, 9.17) is 9.47 Å². The number of carbonyl (C=O) groups is 1. The number of nitrogens with zero attached hydrogens (tertiary/aromatic N) is 2. The molecule has 0 aliphatic rings. The van der Waals surface area contributed by atoms with E-state index < -0.39 is 15.9 Å². The van der Waals surface area contributed by atoms with Crippen LogP contribution < -0.4 is 15.0 Å². The van der Waals surface area contributed by atoms with Gasteiger partial charge in [0.1, 0.15) is 16.5 Å². The SMILES string of the molecule is COCCN(Cc1nc2ccccc2c(=O)[nH]1)C(=O)c1ccc(OC)c(S(=O)(=O)NC(C)C)c1. The monoisotopic (exact) mass is 488 g/mol. The molecule has 34 heavy (non-hydrogen) atoms. The summed E-state index contributed by atoms with van der Waals surface area (Å²) in [5.41, 5.74) is 0.347. The molecule has 0 spiro atoms. The molecule has 0 fully saturated rings. The Morgan fingerprint density at radius 3 is 2.59 bits per heavy atom. The summed E-state index contributed by atoms with van der Waals surface area (Å²) >= 11 is 0. The van der Waals surface area contributed by atoms with E-state index in [9.17, 15) is 18.0 Å². The van der Waals surface area contributed by atoms with Crippen LogP contribution in [-0.2, 0) is 21.3 Å². The van der Waals surface area contributed by atoms with E-state index in [0.717, 1.165) is 0 Å². The van der Waals surface area contributed by atoms with Crippen molar-refractivity contribution in [2.45, 2.75) is 31.3 Å². The Morgan fingerprint density at radius 2 is 1.91 bits per heavy atom. The molecule has 10 nitrogen and oxygen atoms in total.